The lowest BCUT2D eigenvalue weighted by atomic mass is 9.88. The van der Waals surface area contributed by atoms with Crippen molar-refractivity contribution in [2.75, 3.05) is 39.9 Å². The summed E-state index contributed by atoms with van der Waals surface area (Å²) in [6.07, 6.45) is 3.44. The lowest BCUT2D eigenvalue weighted by molar-refractivity contribution is -0.142. The summed E-state index contributed by atoms with van der Waals surface area (Å²) in [7, 11) is 1.50. The van der Waals surface area contributed by atoms with Crippen LogP contribution in [0.3, 0.4) is 0 Å². The van der Waals surface area contributed by atoms with E-state index in [0.717, 1.165) is 18.4 Å². The van der Waals surface area contributed by atoms with Gasteiger partial charge in [-0.2, -0.15) is 5.26 Å². The van der Waals surface area contributed by atoms with Crippen LogP contribution in [0.5, 0.6) is 11.5 Å². The van der Waals surface area contributed by atoms with Crippen LogP contribution in [0, 0.1) is 30.1 Å². The van der Waals surface area contributed by atoms with E-state index in [1.807, 2.05) is 24.3 Å². The molecule has 1 aliphatic carbocycles. The molecule has 15 heteroatoms. The fourth-order valence-electron chi connectivity index (χ4n) is 8.35. The Kier molecular flexibility index (Phi) is 16.0. The van der Waals surface area contributed by atoms with E-state index in [0.29, 0.717) is 45.3 Å². The summed E-state index contributed by atoms with van der Waals surface area (Å²) >= 11 is 0. The number of Topliss-reactive ketones (excluding diaryl/α,β-unsaturated/α-hetero) is 3. The molecule has 0 saturated heterocycles. The molecule has 65 heavy (non-hydrogen) atoms. The van der Waals surface area contributed by atoms with Gasteiger partial charge in [0, 0.05) is 80.5 Å². The molecular weight excluding hydrogens is 825 g/mol. The summed E-state index contributed by atoms with van der Waals surface area (Å²) in [6, 6.07) is 18.4. The summed E-state index contributed by atoms with van der Waals surface area (Å²) in [5.74, 6) is -2.66. The van der Waals surface area contributed by atoms with Crippen molar-refractivity contribution in [3.8, 4) is 40.1 Å². The van der Waals surface area contributed by atoms with Gasteiger partial charge in [0.15, 0.2) is 23.2 Å². The van der Waals surface area contributed by atoms with Crippen molar-refractivity contribution in [3.05, 3.63) is 94.8 Å². The number of benzene rings is 3. The fourth-order valence-corrected chi connectivity index (χ4v) is 8.35. The van der Waals surface area contributed by atoms with Gasteiger partial charge in [-0.1, -0.05) is 50.2 Å². The van der Waals surface area contributed by atoms with Crippen LogP contribution in [0.1, 0.15) is 97.6 Å². The second kappa shape index (κ2) is 21.6. The van der Waals surface area contributed by atoms with Gasteiger partial charge in [0.05, 0.1) is 23.4 Å². The highest BCUT2D eigenvalue weighted by molar-refractivity contribution is 6.00. The number of nitrogens with two attached hydrogens (primary N) is 3. The largest absolute Gasteiger partial charge is 0.492 e. The Morgan fingerprint density at radius 2 is 1.60 bits per heavy atom. The molecule has 2 aliphatic rings. The number of hydrogen-bond acceptors (Lipinski definition) is 13. The third-order valence-electron chi connectivity index (χ3n) is 12.4. The van der Waals surface area contributed by atoms with E-state index in [1.54, 1.807) is 44.2 Å². The first-order valence-corrected chi connectivity index (χ1v) is 22.3. The number of ether oxygens (including phenoxy) is 2. The van der Waals surface area contributed by atoms with Gasteiger partial charge in [-0.05, 0) is 85.5 Å². The van der Waals surface area contributed by atoms with Crippen LogP contribution in [-0.2, 0) is 31.0 Å². The number of aryl methyl sites for hydroxylation is 1. The highest BCUT2D eigenvalue weighted by Crippen LogP contribution is 2.47. The van der Waals surface area contributed by atoms with Gasteiger partial charge < -0.3 is 36.9 Å². The number of carbonyl (C=O) groups is 5. The minimum Gasteiger partial charge on any atom is -0.492 e. The number of carbonyl (C=O) groups excluding carboxylic acids is 5. The van der Waals surface area contributed by atoms with Crippen molar-refractivity contribution in [2.24, 2.45) is 29.0 Å². The smallest absolute Gasteiger partial charge is 0.226 e. The van der Waals surface area contributed by atoms with E-state index in [-0.39, 0.29) is 93.9 Å². The van der Waals surface area contributed by atoms with Crippen molar-refractivity contribution in [1.29, 1.82) is 5.26 Å². The Morgan fingerprint density at radius 3 is 2.22 bits per heavy atom. The second-order valence-electron chi connectivity index (χ2n) is 17.4. The van der Waals surface area contributed by atoms with E-state index in [1.165, 1.54) is 23.7 Å². The minimum atomic E-state index is -1.23. The van der Waals surface area contributed by atoms with Crippen molar-refractivity contribution in [2.45, 2.75) is 89.6 Å². The predicted octanol–water partition coefficient (Wildman–Crippen LogP) is 5.09. The number of aromatic nitrogens is 2. The standard InChI is InChI=1S/C50H60N8O7/c1-30-24-43(61)46(58(4)49(63)35(15-19-52)28-42(60)39-29-55-47(56-31(39)2)33-8-11-36(12-9-33)50(3)16-17-50)34-10-14-45(65-23-21-54)38(27-34)37-25-32(7-13-44(37)64-22-20-53)26-40(57-48(30)62)41(59)6-5-18-51/h7-14,25,27,29-30,35,40,46H,5-6,15-17,19-24,26,28,52-54H2,1-4H3,(H,57,62)/t30-,35-,40+,46+/m1/s1. The Morgan fingerprint density at radius 1 is 0.938 bits per heavy atom. The third-order valence-corrected chi connectivity index (χ3v) is 12.4. The SMILES string of the molecule is Cc1nc(-c2ccc(C3(C)CC3)cc2)ncc1C(=O)C[C@@H](CCN)C(=O)N(C)[C@@H]1C(=O)C[C@@H](C)C(=O)N[C@H](C(=O)CCC#N)Cc2ccc(OCCN)c(c2)-c2cc1ccc2OCCN. The number of fused-ring (bicyclic) bond motifs is 5. The van der Waals surface area contributed by atoms with Gasteiger partial charge in [-0.15, -0.1) is 0 Å². The normalized spacial score (nSPS) is 18.3. The molecule has 15 nitrogen and oxygen atoms in total. The molecule has 2 heterocycles. The zero-order valence-corrected chi connectivity index (χ0v) is 37.7. The minimum absolute atomic E-state index is 0.0298. The zero-order chi connectivity index (χ0) is 46.8. The number of ketones is 3. The van der Waals surface area contributed by atoms with Gasteiger partial charge in [-0.3, -0.25) is 24.0 Å². The molecule has 1 aromatic heterocycles. The fraction of sp³-hybridized carbons (Fsp3) is 0.440. The lowest BCUT2D eigenvalue weighted by Gasteiger charge is -2.32. The monoisotopic (exact) mass is 884 g/mol. The molecule has 2 amide bonds. The lowest BCUT2D eigenvalue weighted by Crippen LogP contribution is -2.46. The van der Waals surface area contributed by atoms with E-state index in [4.69, 9.17) is 26.7 Å². The van der Waals surface area contributed by atoms with Crippen LogP contribution in [0.2, 0.25) is 0 Å². The van der Waals surface area contributed by atoms with Gasteiger partial charge in [0.25, 0.3) is 0 Å². The van der Waals surface area contributed by atoms with Crippen LogP contribution in [0.4, 0.5) is 0 Å². The Labute approximate surface area is 380 Å². The van der Waals surface area contributed by atoms with E-state index >= 15 is 0 Å². The number of nitrogens with one attached hydrogen (secondary N) is 1. The van der Waals surface area contributed by atoms with Crippen LogP contribution in [-0.4, -0.2) is 90.0 Å². The molecule has 0 unspecified atom stereocenters. The molecule has 3 aromatic carbocycles. The first-order valence-electron chi connectivity index (χ1n) is 22.3. The summed E-state index contributed by atoms with van der Waals surface area (Å²) in [5.41, 5.74) is 23.0. The summed E-state index contributed by atoms with van der Waals surface area (Å²) in [6.45, 7) is 6.43. The topological polar surface area (TPSA) is 247 Å². The Balaban J connectivity index is 1.36. The number of amides is 2. The first-order chi connectivity index (χ1) is 31.2. The molecule has 4 bridgehead atoms. The van der Waals surface area contributed by atoms with Crippen molar-refractivity contribution in [3.63, 3.8) is 0 Å². The molecule has 1 aliphatic heterocycles. The maximum absolute atomic E-state index is 14.7. The average molecular weight is 885 g/mol. The molecule has 1 fully saturated rings. The zero-order valence-electron chi connectivity index (χ0n) is 37.7. The van der Waals surface area contributed by atoms with Crippen LogP contribution in [0.25, 0.3) is 22.5 Å². The van der Waals surface area contributed by atoms with E-state index in [2.05, 4.69) is 34.3 Å². The number of likely N-dealkylation sites (N-methyl/N-ethyl adjacent to an activating group) is 1. The Hall–Kier alpha value is -6.34. The van der Waals surface area contributed by atoms with E-state index < -0.39 is 41.5 Å². The van der Waals surface area contributed by atoms with E-state index in [9.17, 15) is 29.2 Å². The summed E-state index contributed by atoms with van der Waals surface area (Å²) in [5, 5.41) is 12.1. The van der Waals surface area contributed by atoms with Crippen molar-refractivity contribution < 1.29 is 33.4 Å². The molecule has 6 rings (SSSR count). The number of rotatable bonds is 18. The number of nitriles is 1. The number of hydrogen-bond donors (Lipinski definition) is 4. The van der Waals surface area contributed by atoms with Crippen molar-refractivity contribution >= 4 is 29.2 Å². The first kappa shape index (κ1) is 48.1. The van der Waals surface area contributed by atoms with Gasteiger partial charge in [0.2, 0.25) is 11.8 Å². The van der Waals surface area contributed by atoms with Gasteiger partial charge in [-0.25, -0.2) is 9.97 Å². The molecule has 7 N–H and O–H groups in total. The van der Waals surface area contributed by atoms with Crippen LogP contribution >= 0.6 is 0 Å². The summed E-state index contributed by atoms with van der Waals surface area (Å²) < 4.78 is 12.2. The molecule has 0 radical (unpaired) electrons. The highest BCUT2D eigenvalue weighted by atomic mass is 16.5. The molecule has 4 atom stereocenters. The second-order valence-corrected chi connectivity index (χ2v) is 17.4. The molecular formula is C50H60N8O7. The highest BCUT2D eigenvalue weighted by Gasteiger charge is 2.39. The molecule has 4 aromatic rings. The van der Waals surface area contributed by atoms with Crippen LogP contribution < -0.4 is 32.0 Å². The average Bonchev–Trinajstić information content (AvgIpc) is 4.06. The van der Waals surface area contributed by atoms with Crippen molar-refractivity contribution in [1.82, 2.24) is 20.2 Å². The molecule has 0 spiro atoms. The number of nitrogens with zero attached hydrogens (tertiary/aromatic N) is 4. The maximum Gasteiger partial charge on any atom is 0.226 e. The third kappa shape index (κ3) is 11.5. The van der Waals surface area contributed by atoms with Gasteiger partial charge in [0.1, 0.15) is 30.8 Å². The molecule has 1 saturated carbocycles. The molecule has 342 valence electrons. The maximum atomic E-state index is 14.7. The quantitative estimate of drug-likeness (QED) is 0.0953. The summed E-state index contributed by atoms with van der Waals surface area (Å²) in [4.78, 5) is 81.3. The Bertz CT molecular complexity index is 2440. The van der Waals surface area contributed by atoms with Crippen LogP contribution in [0.15, 0.2) is 66.9 Å². The van der Waals surface area contributed by atoms with Gasteiger partial charge >= 0.3 is 0 Å². The predicted molar refractivity (Wildman–Crippen MR) is 246 cm³/mol.